The minimum absolute atomic E-state index is 0.000693. The Hall–Kier alpha value is -0.880. The first kappa shape index (κ1) is 14.1. The van der Waals surface area contributed by atoms with Gasteiger partial charge in [-0.15, -0.1) is 0 Å². The highest BCUT2D eigenvalue weighted by atomic mass is 79.9. The Labute approximate surface area is 127 Å². The predicted molar refractivity (Wildman–Crippen MR) is 78.2 cm³/mol. The Bertz CT molecular complexity index is 494. The molecule has 0 unspecified atom stereocenters. The summed E-state index contributed by atoms with van der Waals surface area (Å²) in [6.07, 6.45) is 9.54. The van der Waals surface area contributed by atoms with Gasteiger partial charge >= 0.3 is 0 Å². The second-order valence-electron chi connectivity index (χ2n) is 5.86. The first-order valence-electron chi connectivity index (χ1n) is 7.26. The van der Waals surface area contributed by atoms with E-state index in [1.165, 1.54) is 0 Å². The van der Waals surface area contributed by atoms with Gasteiger partial charge in [0, 0.05) is 24.7 Å². The number of amides is 1. The van der Waals surface area contributed by atoms with Gasteiger partial charge in [0.05, 0.1) is 23.3 Å². The van der Waals surface area contributed by atoms with Gasteiger partial charge in [-0.2, -0.15) is 5.10 Å². The van der Waals surface area contributed by atoms with Gasteiger partial charge in [-0.3, -0.25) is 9.48 Å². The number of carbonyl (C=O) groups excluding carboxylic acids is 1. The zero-order valence-corrected chi connectivity index (χ0v) is 13.0. The highest BCUT2D eigenvalue weighted by Gasteiger charge is 2.46. The van der Waals surface area contributed by atoms with Gasteiger partial charge in [-0.1, -0.05) is 0 Å². The third kappa shape index (κ3) is 2.39. The first-order valence-corrected chi connectivity index (χ1v) is 8.05. The van der Waals surface area contributed by atoms with Gasteiger partial charge in [-0.25, -0.2) is 0 Å². The molecule has 1 N–H and O–H groups in total. The molecule has 20 heavy (non-hydrogen) atoms. The van der Waals surface area contributed by atoms with Gasteiger partial charge in [0.15, 0.2) is 0 Å². The van der Waals surface area contributed by atoms with Gasteiger partial charge in [0.25, 0.3) is 0 Å². The van der Waals surface area contributed by atoms with Crippen LogP contribution in [0.25, 0.3) is 0 Å². The van der Waals surface area contributed by atoms with Gasteiger partial charge in [-0.05, 0) is 48.0 Å². The maximum atomic E-state index is 12.0. The molecule has 1 aliphatic heterocycles. The van der Waals surface area contributed by atoms with E-state index in [1.807, 2.05) is 22.0 Å². The van der Waals surface area contributed by atoms with Crippen LogP contribution in [0.1, 0.15) is 44.6 Å². The first-order chi connectivity index (χ1) is 9.64. The lowest BCUT2D eigenvalue weighted by molar-refractivity contribution is -0.133. The summed E-state index contributed by atoms with van der Waals surface area (Å²) in [6.45, 7) is 0.542. The summed E-state index contributed by atoms with van der Waals surface area (Å²) in [6, 6.07) is 0.429. The zero-order chi connectivity index (χ0) is 14.2. The van der Waals surface area contributed by atoms with E-state index in [-0.39, 0.29) is 18.1 Å². The molecule has 3 rings (SSSR count). The van der Waals surface area contributed by atoms with Crippen LogP contribution in [-0.4, -0.2) is 44.4 Å². The molecule has 2 fully saturated rings. The number of aliphatic hydroxyl groups is 1. The molecule has 1 saturated heterocycles. The standard InChI is InChI=1S/C14H20BrN3O2/c15-11-9-16-18(10-11)12-1-4-14(5-2-12)6-3-13(20)17(14)7-8-19/h9-10,12,19H,1-8H2/t12-,14+. The van der Waals surface area contributed by atoms with Gasteiger partial charge in [0.1, 0.15) is 0 Å². The monoisotopic (exact) mass is 341 g/mol. The third-order valence-corrected chi connectivity index (χ3v) is 5.24. The fourth-order valence-electron chi connectivity index (χ4n) is 3.77. The Morgan fingerprint density at radius 1 is 1.40 bits per heavy atom. The third-order valence-electron chi connectivity index (χ3n) is 4.83. The minimum atomic E-state index is 0.000693. The molecule has 1 aromatic rings. The van der Waals surface area contributed by atoms with Crippen LogP contribution in [0.15, 0.2) is 16.9 Å². The van der Waals surface area contributed by atoms with Crippen molar-refractivity contribution >= 4 is 21.8 Å². The van der Waals surface area contributed by atoms with E-state index in [9.17, 15) is 9.90 Å². The van der Waals surface area contributed by atoms with Crippen molar-refractivity contribution in [2.24, 2.45) is 0 Å². The van der Waals surface area contributed by atoms with Crippen LogP contribution >= 0.6 is 15.9 Å². The van der Waals surface area contributed by atoms with Crippen molar-refractivity contribution < 1.29 is 9.90 Å². The maximum absolute atomic E-state index is 12.0. The number of aromatic nitrogens is 2. The van der Waals surface area contributed by atoms with E-state index < -0.39 is 0 Å². The number of hydrogen-bond donors (Lipinski definition) is 1. The van der Waals surface area contributed by atoms with Gasteiger partial charge < -0.3 is 10.0 Å². The van der Waals surface area contributed by atoms with Crippen LogP contribution in [-0.2, 0) is 4.79 Å². The number of halogens is 1. The molecule has 1 aromatic heterocycles. The lowest BCUT2D eigenvalue weighted by atomic mass is 9.77. The summed E-state index contributed by atoms with van der Waals surface area (Å²) < 4.78 is 3.04. The average molecular weight is 342 g/mol. The number of carbonyl (C=O) groups is 1. The van der Waals surface area contributed by atoms with Crippen molar-refractivity contribution in [1.29, 1.82) is 0 Å². The lowest BCUT2D eigenvalue weighted by Gasteiger charge is -2.43. The van der Waals surface area contributed by atoms with E-state index in [2.05, 4.69) is 21.0 Å². The molecule has 2 aliphatic rings. The topological polar surface area (TPSA) is 58.4 Å². The van der Waals surface area contributed by atoms with E-state index in [0.29, 0.717) is 19.0 Å². The highest BCUT2D eigenvalue weighted by Crippen LogP contribution is 2.45. The molecule has 1 saturated carbocycles. The molecule has 0 aromatic carbocycles. The predicted octanol–water partition coefficient (Wildman–Crippen LogP) is 2.11. The van der Waals surface area contributed by atoms with Crippen molar-refractivity contribution in [3.63, 3.8) is 0 Å². The van der Waals surface area contributed by atoms with Crippen LogP contribution in [0.4, 0.5) is 0 Å². The normalized spacial score (nSPS) is 30.4. The summed E-state index contributed by atoms with van der Waals surface area (Å²) in [5.41, 5.74) is 0.000693. The van der Waals surface area contributed by atoms with Crippen LogP contribution in [0.3, 0.4) is 0 Å². The van der Waals surface area contributed by atoms with Crippen molar-refractivity contribution in [2.45, 2.75) is 50.1 Å². The second kappa shape index (κ2) is 5.48. The summed E-state index contributed by atoms with van der Waals surface area (Å²) in [7, 11) is 0. The molecular weight excluding hydrogens is 322 g/mol. The molecular formula is C14H20BrN3O2. The van der Waals surface area contributed by atoms with E-state index in [0.717, 1.165) is 36.6 Å². The smallest absolute Gasteiger partial charge is 0.223 e. The van der Waals surface area contributed by atoms with E-state index >= 15 is 0 Å². The Balaban J connectivity index is 1.69. The number of hydrogen-bond acceptors (Lipinski definition) is 3. The molecule has 1 aliphatic carbocycles. The average Bonchev–Trinajstić information content (AvgIpc) is 3.00. The minimum Gasteiger partial charge on any atom is -0.395 e. The lowest BCUT2D eigenvalue weighted by Crippen LogP contribution is -2.49. The molecule has 0 bridgehead atoms. The maximum Gasteiger partial charge on any atom is 0.223 e. The summed E-state index contributed by atoms with van der Waals surface area (Å²) in [4.78, 5) is 13.9. The molecule has 2 heterocycles. The van der Waals surface area contributed by atoms with E-state index in [1.54, 1.807) is 0 Å². The molecule has 1 spiro atoms. The fourth-order valence-corrected chi connectivity index (χ4v) is 4.08. The zero-order valence-electron chi connectivity index (χ0n) is 11.5. The molecule has 110 valence electrons. The summed E-state index contributed by atoms with van der Waals surface area (Å²) in [5.74, 6) is 0.208. The van der Waals surface area contributed by atoms with Crippen molar-refractivity contribution in [1.82, 2.24) is 14.7 Å². The fraction of sp³-hybridized carbons (Fsp3) is 0.714. The molecule has 0 radical (unpaired) electrons. The van der Waals surface area contributed by atoms with Crippen LogP contribution in [0, 0.1) is 0 Å². The Kier molecular flexibility index (Phi) is 3.86. The van der Waals surface area contributed by atoms with Gasteiger partial charge in [0.2, 0.25) is 5.91 Å². The summed E-state index contributed by atoms with van der Waals surface area (Å²) in [5, 5.41) is 13.6. The largest absolute Gasteiger partial charge is 0.395 e. The molecule has 5 nitrogen and oxygen atoms in total. The van der Waals surface area contributed by atoms with E-state index in [4.69, 9.17) is 0 Å². The Morgan fingerprint density at radius 2 is 2.15 bits per heavy atom. The summed E-state index contributed by atoms with van der Waals surface area (Å²) >= 11 is 3.43. The quantitative estimate of drug-likeness (QED) is 0.915. The number of β-amino-alcohol motifs (C(OH)–C–C–N with tert-alkyl or cyclic N) is 1. The van der Waals surface area contributed by atoms with Crippen LogP contribution in [0.5, 0.6) is 0 Å². The molecule has 1 amide bonds. The molecule has 6 heteroatoms. The number of aliphatic hydroxyl groups excluding tert-OH is 1. The molecule has 0 atom stereocenters. The van der Waals surface area contributed by atoms with Crippen LogP contribution < -0.4 is 0 Å². The number of rotatable bonds is 3. The van der Waals surface area contributed by atoms with Crippen LogP contribution in [0.2, 0.25) is 0 Å². The highest BCUT2D eigenvalue weighted by molar-refractivity contribution is 9.10. The number of nitrogens with zero attached hydrogens (tertiary/aromatic N) is 3. The van der Waals surface area contributed by atoms with Crippen molar-refractivity contribution in [2.75, 3.05) is 13.2 Å². The van der Waals surface area contributed by atoms with Crippen molar-refractivity contribution in [3.8, 4) is 0 Å². The second-order valence-corrected chi connectivity index (χ2v) is 6.78. The SMILES string of the molecule is O=C1CC[C@]2(CC[C@H](n3cc(Br)cn3)CC2)N1CCO. The Morgan fingerprint density at radius 3 is 2.75 bits per heavy atom. The number of likely N-dealkylation sites (tertiary alicyclic amines) is 1. The van der Waals surface area contributed by atoms with Crippen molar-refractivity contribution in [3.05, 3.63) is 16.9 Å².